The molecule has 0 spiro atoms. The van der Waals surface area contributed by atoms with Crippen molar-refractivity contribution in [2.75, 3.05) is 12.3 Å². The first-order chi connectivity index (χ1) is 14.3. The van der Waals surface area contributed by atoms with E-state index in [0.29, 0.717) is 23.2 Å². The first-order valence-corrected chi connectivity index (χ1v) is 11.3. The van der Waals surface area contributed by atoms with Gasteiger partial charge < -0.3 is 10.2 Å². The number of nitrogens with zero attached hydrogens (tertiary/aromatic N) is 1. The van der Waals surface area contributed by atoms with Gasteiger partial charge in [0.05, 0.1) is 0 Å². The lowest BCUT2D eigenvalue weighted by molar-refractivity contribution is -0.140. The molecule has 0 heterocycles. The number of carbonyl (C=O) groups excluding carboxylic acids is 2. The molecular weight excluding hydrogens is 423 g/mol. The van der Waals surface area contributed by atoms with Crippen molar-refractivity contribution in [3.63, 3.8) is 0 Å². The Kier molecular flexibility index (Phi) is 9.66. The molecule has 162 valence electrons. The molecule has 0 saturated carbocycles. The summed E-state index contributed by atoms with van der Waals surface area (Å²) in [5, 5.41) is 3.56. The molecule has 0 aliphatic carbocycles. The molecule has 0 saturated heterocycles. The number of amides is 2. The minimum atomic E-state index is -0.623. The number of halogens is 2. The Hall–Kier alpha value is -2.05. The molecule has 0 fully saturated rings. The molecule has 1 atom stereocenters. The topological polar surface area (TPSA) is 49.4 Å². The maximum absolute atomic E-state index is 13.2. The van der Waals surface area contributed by atoms with E-state index >= 15 is 0 Å². The highest BCUT2D eigenvalue weighted by Crippen LogP contribution is 2.22. The minimum Gasteiger partial charge on any atom is -0.354 e. The Morgan fingerprint density at radius 3 is 2.30 bits per heavy atom. The van der Waals surface area contributed by atoms with Gasteiger partial charge >= 0.3 is 0 Å². The monoisotopic (exact) mass is 450 g/mol. The summed E-state index contributed by atoms with van der Waals surface area (Å²) in [5.41, 5.74) is 0.776. The molecule has 2 aromatic rings. The Morgan fingerprint density at radius 1 is 1.07 bits per heavy atom. The standard InChI is InChI=1S/C23H28ClFN2O2S/c1-16(2)14-26-23(29)17(3)27(15-18-4-8-20(25)9-5-18)22(28)12-13-30-21-10-6-19(24)7-11-21/h4-11,16-17H,12-15H2,1-3H3,(H,26,29)/t17-/m1/s1. The molecule has 2 rings (SSSR count). The molecule has 0 aliphatic heterocycles. The molecule has 7 heteroatoms. The zero-order valence-corrected chi connectivity index (χ0v) is 19.1. The van der Waals surface area contributed by atoms with E-state index in [-0.39, 0.29) is 30.6 Å². The van der Waals surface area contributed by atoms with E-state index < -0.39 is 6.04 Å². The summed E-state index contributed by atoms with van der Waals surface area (Å²) in [6.45, 7) is 6.55. The first-order valence-electron chi connectivity index (χ1n) is 9.96. The van der Waals surface area contributed by atoms with E-state index in [2.05, 4.69) is 5.32 Å². The van der Waals surface area contributed by atoms with Crippen molar-refractivity contribution in [3.05, 3.63) is 64.9 Å². The van der Waals surface area contributed by atoms with Crippen molar-refractivity contribution >= 4 is 35.2 Å². The van der Waals surface area contributed by atoms with Gasteiger partial charge in [-0.3, -0.25) is 9.59 Å². The van der Waals surface area contributed by atoms with Crippen LogP contribution in [0.1, 0.15) is 32.8 Å². The third-order valence-electron chi connectivity index (χ3n) is 4.52. The van der Waals surface area contributed by atoms with Crippen molar-refractivity contribution in [1.29, 1.82) is 0 Å². The second-order valence-electron chi connectivity index (χ2n) is 7.52. The van der Waals surface area contributed by atoms with Gasteiger partial charge in [-0.25, -0.2) is 4.39 Å². The second kappa shape index (κ2) is 12.0. The van der Waals surface area contributed by atoms with Crippen LogP contribution in [-0.2, 0) is 16.1 Å². The quantitative estimate of drug-likeness (QED) is 0.509. The predicted molar refractivity (Wildman–Crippen MR) is 121 cm³/mol. The summed E-state index contributed by atoms with van der Waals surface area (Å²) in [7, 11) is 0. The lowest BCUT2D eigenvalue weighted by atomic mass is 10.1. The van der Waals surface area contributed by atoms with Crippen LogP contribution in [0.5, 0.6) is 0 Å². The molecule has 0 aromatic heterocycles. The fraction of sp³-hybridized carbons (Fsp3) is 0.391. The average Bonchev–Trinajstić information content (AvgIpc) is 2.72. The highest BCUT2D eigenvalue weighted by molar-refractivity contribution is 7.99. The molecule has 1 N–H and O–H groups in total. The Morgan fingerprint density at radius 2 is 1.70 bits per heavy atom. The fourth-order valence-corrected chi connectivity index (χ4v) is 3.72. The maximum atomic E-state index is 13.2. The largest absolute Gasteiger partial charge is 0.354 e. The Balaban J connectivity index is 2.04. The van der Waals surface area contributed by atoms with Crippen LogP contribution in [0.2, 0.25) is 5.02 Å². The van der Waals surface area contributed by atoms with Crippen LogP contribution >= 0.6 is 23.4 Å². The molecule has 0 bridgehead atoms. The van der Waals surface area contributed by atoms with E-state index in [1.165, 1.54) is 12.1 Å². The first kappa shape index (κ1) is 24.2. The van der Waals surface area contributed by atoms with E-state index in [1.54, 1.807) is 35.7 Å². The van der Waals surface area contributed by atoms with Gasteiger partial charge in [0.1, 0.15) is 11.9 Å². The van der Waals surface area contributed by atoms with Crippen LogP contribution in [0.25, 0.3) is 0 Å². The summed E-state index contributed by atoms with van der Waals surface area (Å²) in [4.78, 5) is 28.2. The Bertz CT molecular complexity index is 828. The van der Waals surface area contributed by atoms with E-state index in [0.717, 1.165) is 10.5 Å². The molecule has 2 aromatic carbocycles. The number of nitrogens with one attached hydrogen (secondary N) is 1. The number of benzene rings is 2. The molecule has 0 unspecified atom stereocenters. The smallest absolute Gasteiger partial charge is 0.242 e. The zero-order valence-electron chi connectivity index (χ0n) is 17.5. The van der Waals surface area contributed by atoms with Crippen molar-refractivity contribution in [3.8, 4) is 0 Å². The maximum Gasteiger partial charge on any atom is 0.242 e. The lowest BCUT2D eigenvalue weighted by Crippen LogP contribution is -2.48. The molecular formula is C23H28ClFN2O2S. The summed E-state index contributed by atoms with van der Waals surface area (Å²) >= 11 is 7.46. The van der Waals surface area contributed by atoms with Gasteiger partial charge in [-0.2, -0.15) is 0 Å². The van der Waals surface area contributed by atoms with Crippen LogP contribution in [0.15, 0.2) is 53.4 Å². The SMILES string of the molecule is CC(C)CNC(=O)[C@@H](C)N(Cc1ccc(F)cc1)C(=O)CCSc1ccc(Cl)cc1. The van der Waals surface area contributed by atoms with Crippen LogP contribution < -0.4 is 5.32 Å². The van der Waals surface area contributed by atoms with Crippen molar-refractivity contribution in [2.45, 2.75) is 44.7 Å². The van der Waals surface area contributed by atoms with Crippen LogP contribution in [0, 0.1) is 11.7 Å². The highest BCUT2D eigenvalue weighted by atomic mass is 35.5. The minimum absolute atomic E-state index is 0.118. The fourth-order valence-electron chi connectivity index (χ4n) is 2.75. The summed E-state index contributed by atoms with van der Waals surface area (Å²) in [5.74, 6) is 0.259. The van der Waals surface area contributed by atoms with E-state index in [9.17, 15) is 14.0 Å². The van der Waals surface area contributed by atoms with E-state index in [1.807, 2.05) is 38.1 Å². The van der Waals surface area contributed by atoms with Gasteiger partial charge in [0.15, 0.2) is 0 Å². The lowest BCUT2D eigenvalue weighted by Gasteiger charge is -2.29. The normalized spacial score (nSPS) is 11.9. The highest BCUT2D eigenvalue weighted by Gasteiger charge is 2.26. The molecule has 2 amide bonds. The van der Waals surface area contributed by atoms with Crippen molar-refractivity contribution in [2.24, 2.45) is 5.92 Å². The van der Waals surface area contributed by atoms with Crippen LogP contribution in [0.4, 0.5) is 4.39 Å². The zero-order chi connectivity index (χ0) is 22.1. The van der Waals surface area contributed by atoms with Gasteiger partial charge in [0.2, 0.25) is 11.8 Å². The molecule has 0 aliphatic rings. The predicted octanol–water partition coefficient (Wildman–Crippen LogP) is 5.15. The number of thioether (sulfide) groups is 1. The number of carbonyl (C=O) groups is 2. The second-order valence-corrected chi connectivity index (χ2v) is 9.12. The summed E-state index contributed by atoms with van der Waals surface area (Å²) in [6.07, 6.45) is 0.288. The number of hydrogen-bond acceptors (Lipinski definition) is 3. The summed E-state index contributed by atoms with van der Waals surface area (Å²) < 4.78 is 13.2. The number of rotatable bonds is 10. The van der Waals surface area contributed by atoms with Crippen LogP contribution in [-0.4, -0.2) is 35.1 Å². The van der Waals surface area contributed by atoms with Gasteiger partial charge in [0.25, 0.3) is 0 Å². The average molecular weight is 451 g/mol. The Labute approximate surface area is 187 Å². The number of hydrogen-bond donors (Lipinski definition) is 1. The van der Waals surface area contributed by atoms with Gasteiger partial charge in [-0.15, -0.1) is 11.8 Å². The summed E-state index contributed by atoms with van der Waals surface area (Å²) in [6, 6.07) is 12.8. The van der Waals surface area contributed by atoms with Gasteiger partial charge in [0, 0.05) is 35.2 Å². The third kappa shape index (κ3) is 8.00. The van der Waals surface area contributed by atoms with Crippen LogP contribution in [0.3, 0.4) is 0 Å². The van der Waals surface area contributed by atoms with Gasteiger partial charge in [-0.05, 0) is 54.8 Å². The van der Waals surface area contributed by atoms with E-state index in [4.69, 9.17) is 11.6 Å². The van der Waals surface area contributed by atoms with Crippen molar-refractivity contribution in [1.82, 2.24) is 10.2 Å². The van der Waals surface area contributed by atoms with Crippen molar-refractivity contribution < 1.29 is 14.0 Å². The molecule has 30 heavy (non-hydrogen) atoms. The van der Waals surface area contributed by atoms with Gasteiger partial charge in [-0.1, -0.05) is 37.6 Å². The molecule has 4 nitrogen and oxygen atoms in total. The molecule has 0 radical (unpaired) electrons. The third-order valence-corrected chi connectivity index (χ3v) is 5.78.